The molecule has 0 fully saturated rings. The highest BCUT2D eigenvalue weighted by atomic mass is 16.5. The third kappa shape index (κ3) is 12.4. The summed E-state index contributed by atoms with van der Waals surface area (Å²) in [5.74, 6) is 0. The summed E-state index contributed by atoms with van der Waals surface area (Å²) in [6.07, 6.45) is 0.728. The van der Waals surface area contributed by atoms with Crippen molar-refractivity contribution >= 4 is 0 Å². The van der Waals surface area contributed by atoms with Crippen LogP contribution < -0.4 is 0 Å². The van der Waals surface area contributed by atoms with Gasteiger partial charge in [0.2, 0.25) is 0 Å². The van der Waals surface area contributed by atoms with Gasteiger partial charge in [-0.1, -0.05) is 7.43 Å². The average Bonchev–Trinajstić information content (AvgIpc) is 2.36. The van der Waals surface area contributed by atoms with Crippen LogP contribution in [0.25, 0.3) is 0 Å². The Kier molecular flexibility index (Phi) is 13.5. The van der Waals surface area contributed by atoms with Gasteiger partial charge in [-0.15, -0.1) is 0 Å². The Hall–Kier alpha value is -0.160. The van der Waals surface area contributed by atoms with Gasteiger partial charge in [0.1, 0.15) is 0 Å². The first-order valence-corrected chi connectivity index (χ1v) is 8.13. The zero-order valence-corrected chi connectivity index (χ0v) is 15.3. The molecule has 0 atom stereocenters. The smallest absolute Gasteiger partial charge is 0.0638 e. The lowest BCUT2D eigenvalue weighted by Gasteiger charge is -2.35. The van der Waals surface area contributed by atoms with Gasteiger partial charge in [-0.3, -0.25) is 0 Å². The van der Waals surface area contributed by atoms with Crippen LogP contribution in [-0.2, 0) is 18.9 Å². The van der Waals surface area contributed by atoms with Crippen LogP contribution in [0.5, 0.6) is 0 Å². The molecule has 0 saturated carbocycles. The van der Waals surface area contributed by atoms with Crippen LogP contribution >= 0.6 is 0 Å². The molecule has 0 aromatic heterocycles. The lowest BCUT2D eigenvalue weighted by molar-refractivity contribution is -0.136. The van der Waals surface area contributed by atoms with Gasteiger partial charge in [-0.2, -0.15) is 0 Å². The van der Waals surface area contributed by atoms with E-state index in [1.807, 2.05) is 55.4 Å². The highest BCUT2D eigenvalue weighted by molar-refractivity contribution is 4.80. The van der Waals surface area contributed by atoms with Gasteiger partial charge < -0.3 is 18.9 Å². The van der Waals surface area contributed by atoms with E-state index in [1.54, 1.807) is 0 Å². The van der Waals surface area contributed by atoms with E-state index in [0.717, 1.165) is 0 Å². The van der Waals surface area contributed by atoms with Gasteiger partial charge in [-0.05, 0) is 55.4 Å². The largest absolute Gasteiger partial charge is 0.378 e. The maximum atomic E-state index is 5.86. The summed E-state index contributed by atoms with van der Waals surface area (Å²) in [5, 5.41) is 0. The molecule has 0 aliphatic heterocycles. The minimum Gasteiger partial charge on any atom is -0.378 e. The van der Waals surface area contributed by atoms with Crippen molar-refractivity contribution in [2.45, 2.75) is 87.2 Å². The van der Waals surface area contributed by atoms with E-state index in [1.165, 1.54) is 0 Å². The van der Waals surface area contributed by atoms with Gasteiger partial charge in [0.05, 0.1) is 56.3 Å². The Labute approximate surface area is 138 Å². The van der Waals surface area contributed by atoms with Crippen molar-refractivity contribution in [1.82, 2.24) is 0 Å². The van der Waals surface area contributed by atoms with E-state index in [4.69, 9.17) is 18.9 Å². The van der Waals surface area contributed by atoms with E-state index in [-0.39, 0.29) is 37.3 Å². The summed E-state index contributed by atoms with van der Waals surface area (Å²) in [5.41, 5.74) is -0.261. The summed E-state index contributed by atoms with van der Waals surface area (Å²) in [7, 11) is 0. The molecule has 0 spiro atoms. The zero-order chi connectivity index (χ0) is 16.5. The van der Waals surface area contributed by atoms with E-state index in [2.05, 4.69) is 0 Å². The molecule has 0 aromatic rings. The number of hydrogen-bond donors (Lipinski definition) is 0. The fourth-order valence-electron chi connectivity index (χ4n) is 1.62. The van der Waals surface area contributed by atoms with Crippen LogP contribution in [0, 0.1) is 5.41 Å². The summed E-state index contributed by atoms with van der Waals surface area (Å²) in [4.78, 5) is 0. The molecule has 0 heterocycles. The second kappa shape index (κ2) is 12.3. The Morgan fingerprint density at radius 3 is 0.818 bits per heavy atom. The van der Waals surface area contributed by atoms with Crippen LogP contribution in [0.1, 0.15) is 62.8 Å². The lowest BCUT2D eigenvalue weighted by Crippen LogP contribution is -2.44. The van der Waals surface area contributed by atoms with E-state index < -0.39 is 0 Å². The van der Waals surface area contributed by atoms with Crippen LogP contribution in [0.15, 0.2) is 0 Å². The van der Waals surface area contributed by atoms with Crippen molar-refractivity contribution in [1.29, 1.82) is 0 Å². The molecule has 0 aliphatic carbocycles. The molecule has 4 heteroatoms. The fraction of sp³-hybridized carbons (Fsp3) is 1.00. The molecule has 0 radical (unpaired) electrons. The third-order valence-corrected chi connectivity index (χ3v) is 2.89. The molecule has 0 aliphatic rings. The third-order valence-electron chi connectivity index (χ3n) is 2.89. The molecule has 0 rings (SSSR count). The van der Waals surface area contributed by atoms with Crippen molar-refractivity contribution in [2.75, 3.05) is 26.4 Å². The maximum absolute atomic E-state index is 5.86. The summed E-state index contributed by atoms with van der Waals surface area (Å²) >= 11 is 0. The predicted octanol–water partition coefficient (Wildman–Crippen LogP) is 4.31. The van der Waals surface area contributed by atoms with Gasteiger partial charge in [0, 0.05) is 0 Å². The van der Waals surface area contributed by atoms with Gasteiger partial charge in [0.25, 0.3) is 0 Å². The highest BCUT2D eigenvalue weighted by Gasteiger charge is 2.34. The molecule has 0 bridgehead atoms. The molecule has 0 saturated heterocycles. The maximum Gasteiger partial charge on any atom is 0.0638 e. The molecule has 0 aromatic carbocycles. The SMILES string of the molecule is C.CC(C)OCC(COC(C)C)(COC(C)C)COC(C)C. The van der Waals surface area contributed by atoms with Gasteiger partial charge in [0.15, 0.2) is 0 Å². The van der Waals surface area contributed by atoms with E-state index in [9.17, 15) is 0 Å². The fourth-order valence-corrected chi connectivity index (χ4v) is 1.62. The highest BCUT2D eigenvalue weighted by Crippen LogP contribution is 2.23. The normalized spacial score (nSPS) is 12.5. The van der Waals surface area contributed by atoms with Crippen LogP contribution in [0.3, 0.4) is 0 Å². The van der Waals surface area contributed by atoms with Crippen molar-refractivity contribution in [3.8, 4) is 0 Å². The average molecular weight is 321 g/mol. The Balaban J connectivity index is 0. The topological polar surface area (TPSA) is 36.9 Å². The molecule has 0 amide bonds. The molecule has 22 heavy (non-hydrogen) atoms. The lowest BCUT2D eigenvalue weighted by atomic mass is 9.91. The van der Waals surface area contributed by atoms with E-state index in [0.29, 0.717) is 26.4 Å². The first-order valence-electron chi connectivity index (χ1n) is 8.13. The second-order valence-corrected chi connectivity index (χ2v) is 6.94. The molecular weight excluding hydrogens is 280 g/mol. The van der Waals surface area contributed by atoms with Gasteiger partial charge >= 0.3 is 0 Å². The monoisotopic (exact) mass is 320 g/mol. The van der Waals surface area contributed by atoms with Crippen molar-refractivity contribution in [2.24, 2.45) is 5.41 Å². The van der Waals surface area contributed by atoms with Crippen LogP contribution in [0.4, 0.5) is 0 Å². The van der Waals surface area contributed by atoms with Crippen LogP contribution in [-0.4, -0.2) is 50.8 Å². The molecule has 0 N–H and O–H groups in total. The van der Waals surface area contributed by atoms with Crippen LogP contribution in [0.2, 0.25) is 0 Å². The Bertz CT molecular complexity index is 196. The summed E-state index contributed by atoms with van der Waals surface area (Å²) < 4.78 is 23.5. The van der Waals surface area contributed by atoms with Crippen molar-refractivity contribution in [3.63, 3.8) is 0 Å². The zero-order valence-electron chi connectivity index (χ0n) is 15.3. The molecular formula is C18H40O4. The van der Waals surface area contributed by atoms with E-state index >= 15 is 0 Å². The minimum atomic E-state index is -0.261. The first kappa shape index (κ1) is 24.1. The minimum absolute atomic E-state index is 0. The number of hydrogen-bond acceptors (Lipinski definition) is 4. The predicted molar refractivity (Wildman–Crippen MR) is 93.5 cm³/mol. The van der Waals surface area contributed by atoms with Crippen molar-refractivity contribution in [3.05, 3.63) is 0 Å². The van der Waals surface area contributed by atoms with Gasteiger partial charge in [-0.25, -0.2) is 0 Å². The second-order valence-electron chi connectivity index (χ2n) is 6.94. The standard InChI is InChI=1S/C17H36O4.CH4/c1-13(2)18-9-17(10-19-14(3)4,11-20-15(5)6)12-21-16(7)8;/h13-16H,9-12H2,1-8H3;1H4. The summed E-state index contributed by atoms with van der Waals surface area (Å²) in [6, 6.07) is 0. The molecule has 0 unspecified atom stereocenters. The quantitative estimate of drug-likeness (QED) is 0.537. The molecule has 136 valence electrons. The number of ether oxygens (including phenoxy) is 4. The summed E-state index contributed by atoms with van der Waals surface area (Å²) in [6.45, 7) is 18.7. The first-order chi connectivity index (χ1) is 9.67. The Morgan fingerprint density at radius 2 is 0.682 bits per heavy atom. The van der Waals surface area contributed by atoms with Crippen molar-refractivity contribution < 1.29 is 18.9 Å². The number of rotatable bonds is 12. The Morgan fingerprint density at radius 1 is 0.500 bits per heavy atom. The molecule has 4 nitrogen and oxygen atoms in total.